The van der Waals surface area contributed by atoms with Crippen LogP contribution in [0.3, 0.4) is 0 Å². The van der Waals surface area contributed by atoms with Crippen LogP contribution < -0.4 is 10.2 Å². The van der Waals surface area contributed by atoms with E-state index in [1.807, 2.05) is 0 Å². The number of benzene rings is 1. The lowest BCUT2D eigenvalue weighted by atomic mass is 9.89. The number of nitrogens with zero attached hydrogens (tertiary/aromatic N) is 2. The Hall–Kier alpha value is -1.55. The molecule has 1 N–H and O–H groups in total. The normalized spacial score (nSPS) is 29.8. The first-order valence-electron chi connectivity index (χ1n) is 9.53. The van der Waals surface area contributed by atoms with Gasteiger partial charge in [0.2, 0.25) is 5.91 Å². The van der Waals surface area contributed by atoms with Crippen molar-refractivity contribution in [3.63, 3.8) is 0 Å². The minimum absolute atomic E-state index is 0.380. The molecule has 130 valence electrons. The number of fused-ring (bicyclic) bond motifs is 2. The Morgan fingerprint density at radius 2 is 1.75 bits per heavy atom. The van der Waals surface area contributed by atoms with Gasteiger partial charge in [-0.25, -0.2) is 0 Å². The van der Waals surface area contributed by atoms with Gasteiger partial charge in [-0.05, 0) is 50.2 Å². The van der Waals surface area contributed by atoms with E-state index in [0.717, 1.165) is 32.6 Å². The van der Waals surface area contributed by atoms with Gasteiger partial charge < -0.3 is 15.1 Å². The zero-order valence-electron chi connectivity index (χ0n) is 14.7. The van der Waals surface area contributed by atoms with Crippen molar-refractivity contribution in [2.24, 2.45) is 5.92 Å². The highest BCUT2D eigenvalue weighted by Gasteiger charge is 2.35. The predicted molar refractivity (Wildman–Crippen MR) is 97.3 cm³/mol. The molecule has 2 atom stereocenters. The third-order valence-electron chi connectivity index (χ3n) is 6.12. The number of anilines is 1. The quantitative estimate of drug-likeness (QED) is 0.927. The smallest absolute Gasteiger partial charge is 0.222 e. The SMILES string of the molecule is Cc1ccccc1N1CCN(C(=O)CC2CC3CCC(C2)N3)CC1. The molecular formula is C20H29N3O. The van der Waals surface area contributed by atoms with Gasteiger partial charge in [-0.15, -0.1) is 0 Å². The highest BCUT2D eigenvalue weighted by atomic mass is 16.2. The number of nitrogens with one attached hydrogen (secondary N) is 1. The molecule has 4 nitrogen and oxygen atoms in total. The molecule has 2 unspecified atom stereocenters. The van der Waals surface area contributed by atoms with Crippen LogP contribution >= 0.6 is 0 Å². The first-order chi connectivity index (χ1) is 11.7. The molecule has 3 saturated heterocycles. The number of amides is 1. The average Bonchev–Trinajstić information content (AvgIpc) is 2.94. The van der Waals surface area contributed by atoms with Gasteiger partial charge >= 0.3 is 0 Å². The van der Waals surface area contributed by atoms with E-state index in [4.69, 9.17) is 0 Å². The zero-order valence-corrected chi connectivity index (χ0v) is 14.7. The van der Waals surface area contributed by atoms with E-state index in [1.54, 1.807) is 0 Å². The van der Waals surface area contributed by atoms with Crippen LogP contribution in [-0.4, -0.2) is 49.1 Å². The van der Waals surface area contributed by atoms with Crippen LogP contribution in [0, 0.1) is 12.8 Å². The molecule has 0 aliphatic carbocycles. The molecular weight excluding hydrogens is 298 g/mol. The summed E-state index contributed by atoms with van der Waals surface area (Å²) in [4.78, 5) is 17.2. The second kappa shape index (κ2) is 6.75. The summed E-state index contributed by atoms with van der Waals surface area (Å²) in [6, 6.07) is 9.91. The Labute approximate surface area is 145 Å². The fraction of sp³-hybridized carbons (Fsp3) is 0.650. The molecule has 3 aliphatic rings. The third-order valence-corrected chi connectivity index (χ3v) is 6.12. The molecule has 0 radical (unpaired) electrons. The summed E-state index contributed by atoms with van der Waals surface area (Å²) >= 11 is 0. The Kier molecular flexibility index (Phi) is 4.49. The van der Waals surface area contributed by atoms with Crippen molar-refractivity contribution in [1.29, 1.82) is 0 Å². The summed E-state index contributed by atoms with van der Waals surface area (Å²) in [5.41, 5.74) is 2.64. The van der Waals surface area contributed by atoms with Crippen molar-refractivity contribution < 1.29 is 4.79 Å². The van der Waals surface area contributed by atoms with Crippen LogP contribution in [0.4, 0.5) is 5.69 Å². The van der Waals surface area contributed by atoms with Gasteiger partial charge in [0, 0.05) is 50.4 Å². The molecule has 4 heteroatoms. The Morgan fingerprint density at radius 3 is 2.42 bits per heavy atom. The summed E-state index contributed by atoms with van der Waals surface area (Å²) in [6.45, 7) is 5.80. The Balaban J connectivity index is 1.29. The third kappa shape index (κ3) is 3.30. The second-order valence-electron chi connectivity index (χ2n) is 7.83. The number of carbonyl (C=O) groups excluding carboxylic acids is 1. The number of rotatable bonds is 3. The molecule has 0 spiro atoms. The number of carbonyl (C=O) groups is 1. The molecule has 0 aromatic heterocycles. The standard InChI is InChI=1S/C20H29N3O/c1-15-4-2-3-5-19(15)22-8-10-23(11-9-22)20(24)14-16-12-17-6-7-18(13-16)21-17/h2-5,16-18,21H,6-14H2,1H3. The van der Waals surface area contributed by atoms with E-state index in [0.29, 0.717) is 23.9 Å². The number of piperazine rings is 1. The number of aryl methyl sites for hydroxylation is 1. The number of para-hydroxylation sites is 1. The molecule has 2 bridgehead atoms. The van der Waals surface area contributed by atoms with Crippen molar-refractivity contribution >= 4 is 11.6 Å². The highest BCUT2D eigenvalue weighted by Crippen LogP contribution is 2.33. The second-order valence-corrected chi connectivity index (χ2v) is 7.83. The van der Waals surface area contributed by atoms with E-state index in [2.05, 4.69) is 46.3 Å². The lowest BCUT2D eigenvalue weighted by Gasteiger charge is -2.38. The first-order valence-corrected chi connectivity index (χ1v) is 9.53. The minimum Gasteiger partial charge on any atom is -0.368 e. The lowest BCUT2D eigenvalue weighted by molar-refractivity contribution is -0.132. The van der Waals surface area contributed by atoms with E-state index >= 15 is 0 Å². The molecule has 4 rings (SSSR count). The monoisotopic (exact) mass is 327 g/mol. The van der Waals surface area contributed by atoms with Gasteiger partial charge in [0.25, 0.3) is 0 Å². The number of hydrogen-bond donors (Lipinski definition) is 1. The maximum Gasteiger partial charge on any atom is 0.222 e. The summed E-state index contributed by atoms with van der Waals surface area (Å²) < 4.78 is 0. The van der Waals surface area contributed by atoms with E-state index in [9.17, 15) is 4.79 Å². The van der Waals surface area contributed by atoms with Crippen LogP contribution in [0.5, 0.6) is 0 Å². The fourth-order valence-corrected chi connectivity index (χ4v) is 4.83. The van der Waals surface area contributed by atoms with Crippen LogP contribution in [-0.2, 0) is 4.79 Å². The summed E-state index contributed by atoms with van der Waals surface area (Å²) in [7, 11) is 0. The van der Waals surface area contributed by atoms with Crippen LogP contribution in [0.2, 0.25) is 0 Å². The Morgan fingerprint density at radius 1 is 1.08 bits per heavy atom. The highest BCUT2D eigenvalue weighted by molar-refractivity contribution is 5.77. The van der Waals surface area contributed by atoms with Crippen LogP contribution in [0.15, 0.2) is 24.3 Å². The van der Waals surface area contributed by atoms with E-state index in [1.165, 1.54) is 36.9 Å². The fourth-order valence-electron chi connectivity index (χ4n) is 4.83. The summed E-state index contributed by atoms with van der Waals surface area (Å²) in [5.74, 6) is 0.983. The van der Waals surface area contributed by atoms with Gasteiger partial charge in [-0.1, -0.05) is 18.2 Å². The lowest BCUT2D eigenvalue weighted by Crippen LogP contribution is -2.49. The van der Waals surface area contributed by atoms with Gasteiger partial charge in [0.15, 0.2) is 0 Å². The molecule has 3 fully saturated rings. The maximum absolute atomic E-state index is 12.7. The zero-order chi connectivity index (χ0) is 16.5. The van der Waals surface area contributed by atoms with Gasteiger partial charge in [0.05, 0.1) is 0 Å². The molecule has 3 aliphatic heterocycles. The molecule has 24 heavy (non-hydrogen) atoms. The van der Waals surface area contributed by atoms with Crippen molar-refractivity contribution in [3.8, 4) is 0 Å². The minimum atomic E-state index is 0.380. The number of hydrogen-bond acceptors (Lipinski definition) is 3. The molecule has 1 aromatic rings. The summed E-state index contributed by atoms with van der Waals surface area (Å²) in [5, 5.41) is 3.67. The topological polar surface area (TPSA) is 35.6 Å². The van der Waals surface area contributed by atoms with Gasteiger partial charge in [0.1, 0.15) is 0 Å². The maximum atomic E-state index is 12.7. The average molecular weight is 327 g/mol. The van der Waals surface area contributed by atoms with Crippen LogP contribution in [0.25, 0.3) is 0 Å². The molecule has 0 saturated carbocycles. The van der Waals surface area contributed by atoms with Crippen molar-refractivity contribution in [2.75, 3.05) is 31.1 Å². The largest absolute Gasteiger partial charge is 0.368 e. The van der Waals surface area contributed by atoms with Crippen molar-refractivity contribution in [1.82, 2.24) is 10.2 Å². The summed E-state index contributed by atoms with van der Waals surface area (Å²) in [6.07, 6.45) is 5.78. The molecule has 1 amide bonds. The first kappa shape index (κ1) is 15.9. The molecule has 1 aromatic carbocycles. The predicted octanol–water partition coefficient (Wildman–Crippen LogP) is 2.56. The van der Waals surface area contributed by atoms with Crippen LogP contribution in [0.1, 0.15) is 37.7 Å². The number of piperidine rings is 1. The van der Waals surface area contributed by atoms with E-state index < -0.39 is 0 Å². The van der Waals surface area contributed by atoms with Crippen molar-refractivity contribution in [2.45, 2.75) is 51.1 Å². The van der Waals surface area contributed by atoms with Gasteiger partial charge in [-0.3, -0.25) is 4.79 Å². The van der Waals surface area contributed by atoms with Crippen molar-refractivity contribution in [3.05, 3.63) is 29.8 Å². The molecule has 3 heterocycles. The van der Waals surface area contributed by atoms with Gasteiger partial charge in [-0.2, -0.15) is 0 Å². The Bertz CT molecular complexity index is 582. The van der Waals surface area contributed by atoms with E-state index in [-0.39, 0.29) is 0 Å².